The van der Waals surface area contributed by atoms with Crippen LogP contribution in [-0.2, 0) is 0 Å². The second-order valence-corrected chi connectivity index (χ2v) is 4.00. The minimum absolute atomic E-state index is 0.0622. The van der Waals surface area contributed by atoms with E-state index >= 15 is 0 Å². The molecule has 0 radical (unpaired) electrons. The molecule has 0 aliphatic carbocycles. The van der Waals surface area contributed by atoms with Crippen molar-refractivity contribution in [3.63, 3.8) is 0 Å². The van der Waals surface area contributed by atoms with Gasteiger partial charge in [-0.1, -0.05) is 6.08 Å². The summed E-state index contributed by atoms with van der Waals surface area (Å²) in [6.45, 7) is 4.24. The third kappa shape index (κ3) is 2.84. The van der Waals surface area contributed by atoms with Gasteiger partial charge in [-0.05, 0) is 11.4 Å². The van der Waals surface area contributed by atoms with Crippen LogP contribution < -0.4 is 4.74 Å². The highest BCUT2D eigenvalue weighted by atomic mass is 32.1. The maximum Gasteiger partial charge on any atom is 0.268 e. The molecule has 0 spiro atoms. The Balaban J connectivity index is 2.84. The third-order valence-electron chi connectivity index (χ3n) is 2.05. The molecular formula is C11H15NO3S. The molecule has 0 aromatic carbocycles. The highest BCUT2D eigenvalue weighted by Gasteiger charge is 2.19. The molecule has 1 aromatic heterocycles. The van der Waals surface area contributed by atoms with E-state index in [1.165, 1.54) is 23.3 Å². The lowest BCUT2D eigenvalue weighted by atomic mass is 10.3. The molecule has 0 saturated carbocycles. The van der Waals surface area contributed by atoms with Crippen molar-refractivity contribution in [1.29, 1.82) is 0 Å². The number of hydrogen-bond donors (Lipinski definition) is 1. The number of hydrogen-bond acceptors (Lipinski definition) is 4. The van der Waals surface area contributed by atoms with Gasteiger partial charge in [-0.3, -0.25) is 4.79 Å². The second kappa shape index (κ2) is 6.30. The van der Waals surface area contributed by atoms with Crippen LogP contribution in [0.3, 0.4) is 0 Å². The van der Waals surface area contributed by atoms with E-state index in [1.807, 2.05) is 0 Å². The molecule has 1 N–H and O–H groups in total. The van der Waals surface area contributed by atoms with Gasteiger partial charge in [-0.15, -0.1) is 17.9 Å². The van der Waals surface area contributed by atoms with Crippen molar-refractivity contribution in [3.05, 3.63) is 29.0 Å². The van der Waals surface area contributed by atoms with Crippen LogP contribution in [0.2, 0.25) is 0 Å². The average molecular weight is 241 g/mol. The smallest absolute Gasteiger partial charge is 0.268 e. The molecule has 0 aliphatic rings. The number of carbonyl (C=O) groups is 1. The molecule has 0 unspecified atom stereocenters. The van der Waals surface area contributed by atoms with E-state index in [-0.39, 0.29) is 12.5 Å². The molecule has 0 bridgehead atoms. The number of nitrogens with zero attached hydrogens (tertiary/aromatic N) is 1. The third-order valence-corrected chi connectivity index (χ3v) is 2.93. The summed E-state index contributed by atoms with van der Waals surface area (Å²) in [6, 6.07) is 1.75. The summed E-state index contributed by atoms with van der Waals surface area (Å²) in [5.74, 6) is 0.433. The van der Waals surface area contributed by atoms with E-state index in [9.17, 15) is 4.79 Å². The number of thiophene rings is 1. The maximum atomic E-state index is 12.1. The van der Waals surface area contributed by atoms with Crippen LogP contribution in [0.25, 0.3) is 0 Å². The van der Waals surface area contributed by atoms with Crippen molar-refractivity contribution in [2.45, 2.75) is 0 Å². The van der Waals surface area contributed by atoms with Gasteiger partial charge in [0.1, 0.15) is 10.6 Å². The first-order chi connectivity index (χ1) is 7.74. The van der Waals surface area contributed by atoms with Crippen molar-refractivity contribution >= 4 is 17.2 Å². The molecule has 88 valence electrons. The lowest BCUT2D eigenvalue weighted by Gasteiger charge is -2.19. The number of rotatable bonds is 6. The van der Waals surface area contributed by atoms with Crippen LogP contribution in [0.1, 0.15) is 9.67 Å². The minimum Gasteiger partial charge on any atom is -0.495 e. The van der Waals surface area contributed by atoms with Gasteiger partial charge in [0.25, 0.3) is 5.91 Å². The summed E-state index contributed by atoms with van der Waals surface area (Å²) in [7, 11) is 1.53. The van der Waals surface area contributed by atoms with Crippen LogP contribution in [0.5, 0.6) is 5.75 Å². The van der Waals surface area contributed by atoms with Gasteiger partial charge in [-0.25, -0.2) is 0 Å². The summed E-state index contributed by atoms with van der Waals surface area (Å²) in [4.78, 5) is 14.1. The van der Waals surface area contributed by atoms with Crippen LogP contribution in [0.15, 0.2) is 24.1 Å². The zero-order valence-electron chi connectivity index (χ0n) is 9.18. The van der Waals surface area contributed by atoms with Crippen molar-refractivity contribution in [3.8, 4) is 5.75 Å². The topological polar surface area (TPSA) is 49.8 Å². The minimum atomic E-state index is -0.138. The molecule has 0 saturated heterocycles. The number of amides is 1. The normalized spacial score (nSPS) is 9.88. The lowest BCUT2D eigenvalue weighted by Crippen LogP contribution is -2.33. The SMILES string of the molecule is C=CCN(CCO)C(=O)c1sccc1OC. The molecule has 1 heterocycles. The van der Waals surface area contributed by atoms with Gasteiger partial charge in [0.15, 0.2) is 0 Å². The molecule has 0 atom stereocenters. The highest BCUT2D eigenvalue weighted by molar-refractivity contribution is 7.12. The maximum absolute atomic E-state index is 12.1. The summed E-state index contributed by atoms with van der Waals surface area (Å²) in [5, 5.41) is 10.7. The fourth-order valence-electron chi connectivity index (χ4n) is 1.31. The van der Waals surface area contributed by atoms with Crippen LogP contribution in [0.4, 0.5) is 0 Å². The molecule has 0 aliphatic heterocycles. The monoisotopic (exact) mass is 241 g/mol. The summed E-state index contributed by atoms with van der Waals surface area (Å²) < 4.78 is 5.09. The lowest BCUT2D eigenvalue weighted by molar-refractivity contribution is 0.0744. The molecule has 5 heteroatoms. The van der Waals surface area contributed by atoms with Gasteiger partial charge in [-0.2, -0.15) is 0 Å². The Morgan fingerprint density at radius 1 is 1.75 bits per heavy atom. The number of ether oxygens (including phenoxy) is 1. The zero-order valence-corrected chi connectivity index (χ0v) is 10.00. The fourth-order valence-corrected chi connectivity index (χ4v) is 2.14. The molecule has 1 rings (SSSR count). The van der Waals surface area contributed by atoms with E-state index in [4.69, 9.17) is 9.84 Å². The van der Waals surface area contributed by atoms with E-state index in [0.29, 0.717) is 23.7 Å². The Bertz CT molecular complexity index is 362. The summed E-state index contributed by atoms with van der Waals surface area (Å²) in [6.07, 6.45) is 1.63. The first-order valence-corrected chi connectivity index (χ1v) is 5.75. The fraction of sp³-hybridized carbons (Fsp3) is 0.364. The van der Waals surface area contributed by atoms with Crippen molar-refractivity contribution in [2.75, 3.05) is 26.8 Å². The first kappa shape index (κ1) is 12.7. The van der Waals surface area contributed by atoms with E-state index in [2.05, 4.69) is 6.58 Å². The van der Waals surface area contributed by atoms with E-state index in [0.717, 1.165) is 0 Å². The van der Waals surface area contributed by atoms with Crippen molar-refractivity contribution in [2.24, 2.45) is 0 Å². The summed E-state index contributed by atoms with van der Waals surface area (Å²) >= 11 is 1.33. The highest BCUT2D eigenvalue weighted by Crippen LogP contribution is 2.25. The quantitative estimate of drug-likeness (QED) is 0.765. The Hall–Kier alpha value is -1.33. The average Bonchev–Trinajstić information content (AvgIpc) is 2.75. The van der Waals surface area contributed by atoms with E-state index < -0.39 is 0 Å². The van der Waals surface area contributed by atoms with Crippen LogP contribution >= 0.6 is 11.3 Å². The predicted octanol–water partition coefficient (Wildman–Crippen LogP) is 1.38. The Morgan fingerprint density at radius 3 is 3.06 bits per heavy atom. The van der Waals surface area contributed by atoms with Gasteiger partial charge < -0.3 is 14.7 Å². The molecule has 1 aromatic rings. The molecule has 1 amide bonds. The van der Waals surface area contributed by atoms with Crippen molar-refractivity contribution < 1.29 is 14.6 Å². The zero-order chi connectivity index (χ0) is 12.0. The van der Waals surface area contributed by atoms with Crippen LogP contribution in [-0.4, -0.2) is 42.7 Å². The second-order valence-electron chi connectivity index (χ2n) is 3.08. The number of carbonyl (C=O) groups excluding carboxylic acids is 1. The Kier molecular flexibility index (Phi) is 5.01. The molecule has 0 fully saturated rings. The Labute approximate surface area is 98.8 Å². The standard InChI is InChI=1S/C11H15NO3S/c1-3-5-12(6-7-13)11(14)10-9(15-2)4-8-16-10/h3-4,8,13H,1,5-7H2,2H3. The van der Waals surface area contributed by atoms with Gasteiger partial charge in [0.05, 0.1) is 13.7 Å². The van der Waals surface area contributed by atoms with Gasteiger partial charge in [0, 0.05) is 13.1 Å². The predicted molar refractivity (Wildman–Crippen MR) is 64.1 cm³/mol. The Morgan fingerprint density at radius 2 is 2.50 bits per heavy atom. The number of aliphatic hydroxyl groups is 1. The number of aliphatic hydroxyl groups excluding tert-OH is 1. The summed E-state index contributed by atoms with van der Waals surface area (Å²) in [5.41, 5.74) is 0. The first-order valence-electron chi connectivity index (χ1n) is 4.87. The van der Waals surface area contributed by atoms with Crippen molar-refractivity contribution in [1.82, 2.24) is 4.90 Å². The molecule has 4 nitrogen and oxygen atoms in total. The molecule has 16 heavy (non-hydrogen) atoms. The van der Waals surface area contributed by atoms with E-state index in [1.54, 1.807) is 17.5 Å². The molecular weight excluding hydrogens is 226 g/mol. The van der Waals surface area contributed by atoms with Gasteiger partial charge in [0.2, 0.25) is 0 Å². The largest absolute Gasteiger partial charge is 0.495 e. The van der Waals surface area contributed by atoms with Crippen LogP contribution in [0, 0.1) is 0 Å². The van der Waals surface area contributed by atoms with Gasteiger partial charge >= 0.3 is 0 Å². The number of methoxy groups -OCH3 is 1.